The predicted molar refractivity (Wildman–Crippen MR) is 89.9 cm³/mol. The van der Waals surface area contributed by atoms with Crippen molar-refractivity contribution < 1.29 is 14.7 Å². The number of phenolic OH excluding ortho intramolecular Hbond substituents is 1. The standard InChI is InChI=1S/C17H17ClN2O3/c1-11-3-6-13(7-4-11)19-16(22)10-20(2)17(23)14-9-12(18)5-8-15(14)21/h3-9,21H,10H2,1-2H3,(H,19,22). The van der Waals surface area contributed by atoms with E-state index in [4.69, 9.17) is 11.6 Å². The Balaban J connectivity index is 2.01. The zero-order valence-electron chi connectivity index (χ0n) is 12.8. The summed E-state index contributed by atoms with van der Waals surface area (Å²) in [5, 5.41) is 12.8. The lowest BCUT2D eigenvalue weighted by atomic mass is 10.1. The number of carbonyl (C=O) groups excluding carboxylic acids is 2. The zero-order valence-corrected chi connectivity index (χ0v) is 13.6. The molecule has 0 unspecified atom stereocenters. The number of carbonyl (C=O) groups is 2. The second kappa shape index (κ2) is 7.15. The van der Waals surface area contributed by atoms with E-state index in [2.05, 4.69) is 5.32 Å². The third-order valence-electron chi connectivity index (χ3n) is 3.25. The predicted octanol–water partition coefficient (Wildman–Crippen LogP) is 3.06. The Labute approximate surface area is 139 Å². The summed E-state index contributed by atoms with van der Waals surface area (Å²) in [7, 11) is 1.48. The van der Waals surface area contributed by atoms with Crippen LogP contribution in [0.1, 0.15) is 15.9 Å². The van der Waals surface area contributed by atoms with Crippen LogP contribution in [0.25, 0.3) is 0 Å². The van der Waals surface area contributed by atoms with E-state index >= 15 is 0 Å². The summed E-state index contributed by atoms with van der Waals surface area (Å²) in [5.41, 5.74) is 1.81. The van der Waals surface area contributed by atoms with Crippen LogP contribution in [-0.4, -0.2) is 35.4 Å². The number of nitrogens with one attached hydrogen (secondary N) is 1. The fourth-order valence-electron chi connectivity index (χ4n) is 2.01. The van der Waals surface area contributed by atoms with Gasteiger partial charge in [0.1, 0.15) is 5.75 Å². The molecule has 0 saturated carbocycles. The van der Waals surface area contributed by atoms with Crippen LogP contribution in [0.4, 0.5) is 5.69 Å². The van der Waals surface area contributed by atoms with E-state index in [0.29, 0.717) is 10.7 Å². The fraction of sp³-hybridized carbons (Fsp3) is 0.176. The molecule has 6 heteroatoms. The number of likely N-dealkylation sites (N-methyl/N-ethyl adjacent to an activating group) is 1. The SMILES string of the molecule is Cc1ccc(NC(=O)CN(C)C(=O)c2cc(Cl)ccc2O)cc1. The molecule has 2 amide bonds. The van der Waals surface area contributed by atoms with Crippen LogP contribution < -0.4 is 5.32 Å². The Hall–Kier alpha value is -2.53. The fourth-order valence-corrected chi connectivity index (χ4v) is 2.18. The molecule has 0 spiro atoms. The summed E-state index contributed by atoms with van der Waals surface area (Å²) in [6.45, 7) is 1.81. The van der Waals surface area contributed by atoms with Gasteiger partial charge >= 0.3 is 0 Å². The molecule has 0 aromatic heterocycles. The van der Waals surface area contributed by atoms with Crippen LogP contribution in [-0.2, 0) is 4.79 Å². The Kier molecular flexibility index (Phi) is 5.24. The number of aromatic hydroxyl groups is 1. The van der Waals surface area contributed by atoms with Crippen LogP contribution in [0.3, 0.4) is 0 Å². The highest BCUT2D eigenvalue weighted by atomic mass is 35.5. The van der Waals surface area contributed by atoms with Crippen molar-refractivity contribution in [3.8, 4) is 5.75 Å². The van der Waals surface area contributed by atoms with Gasteiger partial charge in [0.05, 0.1) is 12.1 Å². The molecule has 2 aromatic rings. The summed E-state index contributed by atoms with van der Waals surface area (Å²) in [6.07, 6.45) is 0. The smallest absolute Gasteiger partial charge is 0.257 e. The van der Waals surface area contributed by atoms with Crippen molar-refractivity contribution in [2.45, 2.75) is 6.92 Å². The number of phenols is 1. The maximum absolute atomic E-state index is 12.3. The minimum absolute atomic E-state index is 0.0585. The molecule has 0 heterocycles. The van der Waals surface area contributed by atoms with Crippen molar-refractivity contribution in [2.24, 2.45) is 0 Å². The minimum atomic E-state index is -0.482. The zero-order chi connectivity index (χ0) is 17.0. The minimum Gasteiger partial charge on any atom is -0.507 e. The first-order chi connectivity index (χ1) is 10.9. The maximum Gasteiger partial charge on any atom is 0.257 e. The number of hydrogen-bond acceptors (Lipinski definition) is 3. The van der Waals surface area contributed by atoms with Crippen LogP contribution >= 0.6 is 11.6 Å². The van der Waals surface area contributed by atoms with E-state index in [0.717, 1.165) is 5.56 Å². The molecule has 2 aromatic carbocycles. The third kappa shape index (κ3) is 4.47. The molecular formula is C17H17ClN2O3. The summed E-state index contributed by atoms with van der Waals surface area (Å²) in [6, 6.07) is 11.5. The van der Waals surface area contributed by atoms with Crippen molar-refractivity contribution in [3.05, 3.63) is 58.6 Å². The number of hydrogen-bond donors (Lipinski definition) is 2. The van der Waals surface area contributed by atoms with Gasteiger partial charge in [0, 0.05) is 17.8 Å². The van der Waals surface area contributed by atoms with E-state index in [9.17, 15) is 14.7 Å². The van der Waals surface area contributed by atoms with Gasteiger partial charge in [-0.2, -0.15) is 0 Å². The number of nitrogens with zero attached hydrogens (tertiary/aromatic N) is 1. The summed E-state index contributed by atoms with van der Waals surface area (Å²) in [4.78, 5) is 25.5. The van der Waals surface area contributed by atoms with Crippen LogP contribution in [0.15, 0.2) is 42.5 Å². The van der Waals surface area contributed by atoms with Crippen LogP contribution in [0, 0.1) is 6.92 Å². The first-order valence-electron chi connectivity index (χ1n) is 6.97. The quantitative estimate of drug-likeness (QED) is 0.904. The first-order valence-corrected chi connectivity index (χ1v) is 7.35. The Morgan fingerprint density at radius 1 is 1.17 bits per heavy atom. The lowest BCUT2D eigenvalue weighted by Crippen LogP contribution is -2.35. The highest BCUT2D eigenvalue weighted by Gasteiger charge is 2.18. The van der Waals surface area contributed by atoms with E-state index in [1.807, 2.05) is 19.1 Å². The number of anilines is 1. The first kappa shape index (κ1) is 16.8. The topological polar surface area (TPSA) is 69.6 Å². The number of benzene rings is 2. The average Bonchev–Trinajstić information content (AvgIpc) is 2.51. The molecule has 5 nitrogen and oxygen atoms in total. The number of aryl methyl sites for hydroxylation is 1. The number of rotatable bonds is 4. The summed E-state index contributed by atoms with van der Waals surface area (Å²) in [5.74, 6) is -0.986. The van der Waals surface area contributed by atoms with E-state index in [1.54, 1.807) is 12.1 Å². The van der Waals surface area contributed by atoms with Gasteiger partial charge < -0.3 is 15.3 Å². The van der Waals surface area contributed by atoms with Crippen molar-refractivity contribution in [1.29, 1.82) is 0 Å². The lowest BCUT2D eigenvalue weighted by Gasteiger charge is -2.17. The van der Waals surface area contributed by atoms with Crippen molar-refractivity contribution in [1.82, 2.24) is 4.90 Å². The maximum atomic E-state index is 12.3. The molecule has 0 saturated heterocycles. The van der Waals surface area contributed by atoms with Gasteiger partial charge in [-0.25, -0.2) is 0 Å². The van der Waals surface area contributed by atoms with Gasteiger partial charge in [0.25, 0.3) is 5.91 Å². The molecule has 0 bridgehead atoms. The molecule has 0 radical (unpaired) electrons. The molecule has 23 heavy (non-hydrogen) atoms. The second-order valence-corrected chi connectivity index (χ2v) is 5.67. The van der Waals surface area contributed by atoms with Crippen molar-refractivity contribution in [2.75, 3.05) is 18.9 Å². The van der Waals surface area contributed by atoms with Gasteiger partial charge in [-0.05, 0) is 37.3 Å². The largest absolute Gasteiger partial charge is 0.507 e. The Morgan fingerprint density at radius 3 is 2.48 bits per heavy atom. The molecule has 0 aliphatic heterocycles. The lowest BCUT2D eigenvalue weighted by molar-refractivity contribution is -0.116. The van der Waals surface area contributed by atoms with Gasteiger partial charge in [-0.3, -0.25) is 9.59 Å². The molecule has 0 fully saturated rings. The average molecular weight is 333 g/mol. The molecule has 2 rings (SSSR count). The van der Waals surface area contributed by atoms with E-state index in [-0.39, 0.29) is 23.8 Å². The molecule has 120 valence electrons. The van der Waals surface area contributed by atoms with E-state index < -0.39 is 5.91 Å². The Bertz CT molecular complexity index is 729. The van der Waals surface area contributed by atoms with Gasteiger partial charge in [-0.1, -0.05) is 29.3 Å². The third-order valence-corrected chi connectivity index (χ3v) is 3.49. The Morgan fingerprint density at radius 2 is 1.83 bits per heavy atom. The van der Waals surface area contributed by atoms with Crippen molar-refractivity contribution in [3.63, 3.8) is 0 Å². The summed E-state index contributed by atoms with van der Waals surface area (Å²) < 4.78 is 0. The highest BCUT2D eigenvalue weighted by molar-refractivity contribution is 6.31. The molecule has 0 aliphatic rings. The van der Waals surface area contributed by atoms with Crippen LogP contribution in [0.5, 0.6) is 5.75 Å². The summed E-state index contributed by atoms with van der Waals surface area (Å²) >= 11 is 5.83. The van der Waals surface area contributed by atoms with Gasteiger partial charge in [0.15, 0.2) is 0 Å². The number of amides is 2. The van der Waals surface area contributed by atoms with Crippen LogP contribution in [0.2, 0.25) is 5.02 Å². The molecule has 2 N–H and O–H groups in total. The van der Waals surface area contributed by atoms with Gasteiger partial charge in [0.2, 0.25) is 5.91 Å². The van der Waals surface area contributed by atoms with E-state index in [1.165, 1.54) is 30.1 Å². The normalized spacial score (nSPS) is 10.2. The molecule has 0 aliphatic carbocycles. The molecular weight excluding hydrogens is 316 g/mol. The highest BCUT2D eigenvalue weighted by Crippen LogP contribution is 2.22. The van der Waals surface area contributed by atoms with Crippen molar-refractivity contribution >= 4 is 29.1 Å². The number of halogens is 1. The van der Waals surface area contributed by atoms with Gasteiger partial charge in [-0.15, -0.1) is 0 Å². The molecule has 0 atom stereocenters. The monoisotopic (exact) mass is 332 g/mol. The second-order valence-electron chi connectivity index (χ2n) is 5.24.